The molecule has 1 atom stereocenters. The summed E-state index contributed by atoms with van der Waals surface area (Å²) in [7, 11) is 0. The minimum absolute atomic E-state index is 0.141. The van der Waals surface area contributed by atoms with E-state index in [1.54, 1.807) is 0 Å². The Hall–Kier alpha value is -0.570. The summed E-state index contributed by atoms with van der Waals surface area (Å²) in [6.07, 6.45) is 0. The fraction of sp³-hybridized carbons (Fsp3) is 0.667. The molecule has 3 nitrogen and oxygen atoms in total. The number of hydrogen-bond donors (Lipinski definition) is 2. The van der Waals surface area contributed by atoms with Crippen LogP contribution in [0.1, 0.15) is 6.92 Å². The third kappa shape index (κ3) is 1.72. The molecule has 36 valence electrons. The van der Waals surface area contributed by atoms with Gasteiger partial charge in [-0.2, -0.15) is 0 Å². The Balaban J connectivity index is 3.64. The molecule has 0 aromatic heterocycles. The molecule has 0 saturated carbocycles. The molecule has 0 aliphatic heterocycles. The second-order valence-electron chi connectivity index (χ2n) is 1.01. The van der Waals surface area contributed by atoms with Gasteiger partial charge in [-0.25, -0.2) is 0 Å². The van der Waals surface area contributed by atoms with Crippen LogP contribution in [0.5, 0.6) is 0 Å². The van der Waals surface area contributed by atoms with E-state index < -0.39 is 12.0 Å². The first-order valence-corrected chi connectivity index (χ1v) is 1.55. The number of carboxylic acids is 1. The van der Waals surface area contributed by atoms with Gasteiger partial charge in [-0.3, -0.25) is 4.79 Å². The van der Waals surface area contributed by atoms with E-state index in [0.717, 1.165) is 0 Å². The Kier molecular flexibility index (Phi) is 0.759. The molecule has 0 amide bonds. The van der Waals surface area contributed by atoms with Crippen molar-refractivity contribution in [2.45, 2.75) is 13.0 Å². The van der Waals surface area contributed by atoms with Gasteiger partial charge in [0.05, 0.1) is 0 Å². The second kappa shape index (κ2) is 1.77. The van der Waals surface area contributed by atoms with Crippen LogP contribution in [0.25, 0.3) is 0 Å². The Morgan fingerprint density at radius 2 is 2.83 bits per heavy atom. The molecule has 0 aromatic carbocycles. The Bertz CT molecular complexity index is 95.3. The first kappa shape index (κ1) is 2.58. The lowest BCUT2D eigenvalue weighted by Crippen LogP contribution is -2.25. The van der Waals surface area contributed by atoms with Gasteiger partial charge in [0.2, 0.25) is 0 Å². The van der Waals surface area contributed by atoms with Gasteiger partial charge in [-0.05, 0) is 6.92 Å². The van der Waals surface area contributed by atoms with Gasteiger partial charge < -0.3 is 10.8 Å². The second-order valence-corrected chi connectivity index (χ2v) is 1.01. The summed E-state index contributed by atoms with van der Waals surface area (Å²) in [5.74, 6) is -1.16. The first-order chi connectivity index (χ1) is 3.55. The fourth-order valence-electron chi connectivity index (χ4n) is 0. The molecule has 6 heavy (non-hydrogen) atoms. The fourth-order valence-corrected chi connectivity index (χ4v) is 0. The van der Waals surface area contributed by atoms with Crippen molar-refractivity contribution in [2.75, 3.05) is 0 Å². The predicted octanol–water partition coefficient (Wildman–Crippen LogP) is -0.582. The molecule has 0 bridgehead atoms. The lowest BCUT2D eigenvalue weighted by molar-refractivity contribution is -0.138. The number of carboxylic acid groups (broad SMARTS) is 1. The minimum atomic E-state index is -1.16. The normalized spacial score (nSPS) is 19.0. The van der Waals surface area contributed by atoms with Crippen LogP contribution in [0.2, 0.25) is 2.82 Å². The zero-order chi connectivity index (χ0) is 6.73. The van der Waals surface area contributed by atoms with Crippen LogP contribution in [0.4, 0.5) is 0 Å². The Morgan fingerprint density at radius 3 is 2.83 bits per heavy atom. The highest BCUT2D eigenvalue weighted by molar-refractivity contribution is 5.72. The van der Waals surface area contributed by atoms with E-state index in [9.17, 15) is 4.79 Å². The van der Waals surface area contributed by atoms with E-state index in [-0.39, 0.29) is 5.72 Å². The third-order valence-electron chi connectivity index (χ3n) is 0.357. The SMILES string of the molecule is [2H]N([2H])[C@H](C)C(=O)O. The van der Waals surface area contributed by atoms with Gasteiger partial charge in [0.1, 0.15) is 8.87 Å². The average molecular weight is 91.1 g/mol. The largest absolute Gasteiger partial charge is 0.480 e. The monoisotopic (exact) mass is 91.1 g/mol. The topological polar surface area (TPSA) is 63.3 Å². The van der Waals surface area contributed by atoms with Crippen molar-refractivity contribution >= 4 is 5.97 Å². The van der Waals surface area contributed by atoms with Gasteiger partial charge in [0.15, 0.2) is 0 Å². The maximum Gasteiger partial charge on any atom is 0.320 e. The zero-order valence-electron chi connectivity index (χ0n) is 5.38. The van der Waals surface area contributed by atoms with Crippen molar-refractivity contribution in [1.29, 1.82) is 0 Å². The molecule has 0 spiro atoms. The molecule has 0 aliphatic carbocycles. The van der Waals surface area contributed by atoms with E-state index in [0.29, 0.717) is 0 Å². The van der Waals surface area contributed by atoms with Gasteiger partial charge in [-0.15, -0.1) is 0 Å². The van der Waals surface area contributed by atoms with Crippen molar-refractivity contribution < 1.29 is 12.7 Å². The molecule has 0 aliphatic rings. The summed E-state index contributed by atoms with van der Waals surface area (Å²) in [6, 6.07) is -1.05. The maximum atomic E-state index is 9.86. The molecule has 0 aromatic rings. The van der Waals surface area contributed by atoms with Gasteiger partial charge in [0.25, 0.3) is 0 Å². The Morgan fingerprint density at radius 1 is 2.33 bits per heavy atom. The highest BCUT2D eigenvalue weighted by Crippen LogP contribution is 1.68. The van der Waals surface area contributed by atoms with Gasteiger partial charge >= 0.3 is 5.97 Å². The van der Waals surface area contributed by atoms with Gasteiger partial charge in [-0.1, -0.05) is 0 Å². The summed E-state index contributed by atoms with van der Waals surface area (Å²) >= 11 is 0. The standard InChI is InChI=1S/C3H7NO2/c1-2(4)3(5)6/h2H,4H2,1H3,(H,5,6)/t2-/m1/s1/i/hD2. The molecule has 3 heteroatoms. The van der Waals surface area contributed by atoms with Crippen molar-refractivity contribution in [3.8, 4) is 0 Å². The molecule has 0 heterocycles. The minimum Gasteiger partial charge on any atom is -0.480 e. The molecular weight excluding hydrogens is 82.0 g/mol. The van der Waals surface area contributed by atoms with Gasteiger partial charge in [0, 0.05) is 0 Å². The smallest absolute Gasteiger partial charge is 0.320 e. The van der Waals surface area contributed by atoms with Crippen LogP contribution in [0.3, 0.4) is 0 Å². The van der Waals surface area contributed by atoms with Crippen molar-refractivity contribution in [1.82, 2.24) is 0 Å². The van der Waals surface area contributed by atoms with E-state index in [4.69, 9.17) is 7.93 Å². The van der Waals surface area contributed by atoms with Crippen LogP contribution in [0, 0.1) is 0 Å². The number of rotatable bonds is 2. The Labute approximate surface area is 38.7 Å². The summed E-state index contributed by atoms with van der Waals surface area (Å²) in [5, 5.41) is 8.07. The van der Waals surface area contributed by atoms with E-state index in [1.807, 2.05) is 0 Å². The van der Waals surface area contributed by atoms with Crippen LogP contribution in [-0.2, 0) is 4.79 Å². The predicted molar refractivity (Wildman–Crippen MR) is 21.3 cm³/mol. The van der Waals surface area contributed by atoms with E-state index in [2.05, 4.69) is 0 Å². The summed E-state index contributed by atoms with van der Waals surface area (Å²) in [6.45, 7) is 1.27. The quantitative estimate of drug-likeness (QED) is 0.477. The zero-order valence-corrected chi connectivity index (χ0v) is 3.38. The molecule has 0 radical (unpaired) electrons. The third-order valence-corrected chi connectivity index (χ3v) is 0.357. The van der Waals surface area contributed by atoms with E-state index in [1.165, 1.54) is 6.92 Å². The van der Waals surface area contributed by atoms with Crippen LogP contribution in [0.15, 0.2) is 0 Å². The number of aliphatic carboxylic acids is 1. The maximum absolute atomic E-state index is 9.86. The van der Waals surface area contributed by atoms with Crippen LogP contribution < -0.4 is 5.72 Å². The molecule has 0 unspecified atom stereocenters. The summed E-state index contributed by atoms with van der Waals surface area (Å²) in [5.41, 5.74) is 0.141. The number of nitrogens with two attached hydrogens (primary N) is 1. The van der Waals surface area contributed by atoms with Crippen molar-refractivity contribution in [3.05, 3.63) is 0 Å². The first-order valence-electron chi connectivity index (χ1n) is 2.45. The lowest BCUT2D eigenvalue weighted by atomic mass is 10.4. The summed E-state index contributed by atoms with van der Waals surface area (Å²) in [4.78, 5) is 9.86. The van der Waals surface area contributed by atoms with Crippen molar-refractivity contribution in [2.24, 2.45) is 5.72 Å². The molecule has 0 fully saturated rings. The molecule has 3 N–H and O–H groups in total. The molecule has 0 saturated heterocycles. The molecule has 0 rings (SSSR count). The summed E-state index contributed by atoms with van der Waals surface area (Å²) < 4.78 is 12.9. The molecular formula is C3H7NO2. The average Bonchev–Trinajstić information content (AvgIpc) is 1.64. The number of hydrogen-bond acceptors (Lipinski definition) is 2. The van der Waals surface area contributed by atoms with E-state index >= 15 is 0 Å². The highest BCUT2D eigenvalue weighted by atomic mass is 16.4. The number of carbonyl (C=O) groups is 1. The highest BCUT2D eigenvalue weighted by Gasteiger charge is 1.99. The lowest BCUT2D eigenvalue weighted by Gasteiger charge is -1.90. The van der Waals surface area contributed by atoms with Crippen LogP contribution >= 0.6 is 0 Å². The van der Waals surface area contributed by atoms with Crippen LogP contribution in [-0.4, -0.2) is 17.1 Å². The van der Waals surface area contributed by atoms with Crippen molar-refractivity contribution in [3.63, 3.8) is 0 Å².